The third kappa shape index (κ3) is 25.3. The zero-order chi connectivity index (χ0) is 25.8. The van der Waals surface area contributed by atoms with Crippen LogP contribution in [0.2, 0.25) is 0 Å². The predicted octanol–water partition coefficient (Wildman–Crippen LogP) is 8.69. The van der Waals surface area contributed by atoms with Gasteiger partial charge in [-0.3, -0.25) is 4.79 Å². The highest BCUT2D eigenvalue weighted by atomic mass is 16.5. The Balaban J connectivity index is 3.61. The van der Waals surface area contributed by atoms with Crippen molar-refractivity contribution in [1.82, 2.24) is 0 Å². The van der Waals surface area contributed by atoms with E-state index in [1.807, 2.05) is 6.08 Å². The molecule has 0 bridgehead atoms. The molecular formula is C30H54O5. The van der Waals surface area contributed by atoms with Crippen molar-refractivity contribution in [3.05, 3.63) is 24.7 Å². The number of aliphatic hydroxyl groups is 1. The number of carbonyl (C=O) groups excluding carboxylic acids is 2. The summed E-state index contributed by atoms with van der Waals surface area (Å²) in [6.45, 7) is 4.47. The summed E-state index contributed by atoms with van der Waals surface area (Å²) < 4.78 is 9.87. The van der Waals surface area contributed by atoms with E-state index in [0.717, 1.165) is 25.7 Å². The molecule has 0 saturated heterocycles. The Kier molecular flexibility index (Phi) is 25.7. The van der Waals surface area contributed by atoms with Crippen molar-refractivity contribution < 1.29 is 24.2 Å². The molecule has 0 heterocycles. The van der Waals surface area contributed by atoms with Crippen molar-refractivity contribution in [3.63, 3.8) is 0 Å². The molecule has 0 amide bonds. The molecule has 204 valence electrons. The van der Waals surface area contributed by atoms with E-state index in [1.54, 1.807) is 6.08 Å². The summed E-state index contributed by atoms with van der Waals surface area (Å²) in [5.74, 6) is -1.47. The van der Waals surface area contributed by atoms with Gasteiger partial charge in [-0.25, -0.2) is 4.79 Å². The third-order valence-corrected chi connectivity index (χ3v) is 6.16. The van der Waals surface area contributed by atoms with Crippen LogP contribution in [0, 0.1) is 0 Å². The smallest absolute Gasteiger partial charge is 0.340 e. The first-order chi connectivity index (χ1) is 17.1. The van der Waals surface area contributed by atoms with E-state index < -0.39 is 24.5 Å². The van der Waals surface area contributed by atoms with E-state index in [9.17, 15) is 14.7 Å². The lowest BCUT2D eigenvalue weighted by molar-refractivity contribution is -0.153. The zero-order valence-electron chi connectivity index (χ0n) is 22.8. The summed E-state index contributed by atoms with van der Waals surface area (Å²) >= 11 is 0. The molecule has 0 aromatic rings. The van der Waals surface area contributed by atoms with Crippen molar-refractivity contribution in [2.24, 2.45) is 0 Å². The van der Waals surface area contributed by atoms with Crippen molar-refractivity contribution in [1.29, 1.82) is 0 Å². The zero-order valence-corrected chi connectivity index (χ0v) is 22.8. The minimum Gasteiger partial charge on any atom is -0.435 e. The van der Waals surface area contributed by atoms with Crippen LogP contribution in [0.25, 0.3) is 0 Å². The number of rotatable bonds is 25. The number of ether oxygens (including phenoxy) is 2. The second kappa shape index (κ2) is 27.0. The average Bonchev–Trinajstić information content (AvgIpc) is 2.85. The Morgan fingerprint density at radius 2 is 0.971 bits per heavy atom. The van der Waals surface area contributed by atoms with Crippen molar-refractivity contribution in [2.45, 2.75) is 155 Å². The minimum absolute atomic E-state index is 0.409. The molecule has 35 heavy (non-hydrogen) atoms. The van der Waals surface area contributed by atoms with Gasteiger partial charge in [-0.15, -0.1) is 0 Å². The normalized spacial score (nSPS) is 12.4. The van der Waals surface area contributed by atoms with E-state index in [2.05, 4.69) is 13.8 Å². The van der Waals surface area contributed by atoms with Crippen LogP contribution < -0.4 is 0 Å². The van der Waals surface area contributed by atoms with E-state index in [4.69, 9.17) is 9.47 Å². The molecule has 0 aliphatic rings. The first-order valence-electron chi connectivity index (χ1n) is 14.5. The molecule has 1 atom stereocenters. The number of hydrogen-bond acceptors (Lipinski definition) is 5. The molecule has 0 aliphatic heterocycles. The second-order valence-electron chi connectivity index (χ2n) is 9.62. The van der Waals surface area contributed by atoms with Gasteiger partial charge >= 0.3 is 11.9 Å². The van der Waals surface area contributed by atoms with Crippen LogP contribution in [0.15, 0.2) is 24.7 Å². The second-order valence-corrected chi connectivity index (χ2v) is 9.62. The van der Waals surface area contributed by atoms with Gasteiger partial charge in [-0.1, -0.05) is 117 Å². The van der Waals surface area contributed by atoms with Gasteiger partial charge in [0.2, 0.25) is 0 Å². The Hall–Kier alpha value is -1.62. The fourth-order valence-electron chi connectivity index (χ4n) is 3.89. The summed E-state index contributed by atoms with van der Waals surface area (Å²) in [7, 11) is 0. The Bertz CT molecular complexity index is 541. The van der Waals surface area contributed by atoms with Gasteiger partial charge in [0.05, 0.1) is 18.9 Å². The molecule has 0 spiro atoms. The fraction of sp³-hybridized carbons (Fsp3) is 0.800. The topological polar surface area (TPSA) is 72.8 Å². The summed E-state index contributed by atoms with van der Waals surface area (Å²) in [5.41, 5.74) is 0. The van der Waals surface area contributed by atoms with Crippen LogP contribution >= 0.6 is 0 Å². The molecule has 0 saturated carbocycles. The van der Waals surface area contributed by atoms with Crippen molar-refractivity contribution in [3.8, 4) is 0 Å². The maximum Gasteiger partial charge on any atom is 0.340 e. The summed E-state index contributed by atoms with van der Waals surface area (Å²) in [6, 6.07) is 0. The number of unbranched alkanes of at least 4 members (excludes halogenated alkanes) is 18. The Morgan fingerprint density at radius 3 is 1.40 bits per heavy atom. The van der Waals surface area contributed by atoms with Gasteiger partial charge in [0, 0.05) is 0 Å². The molecule has 0 aromatic carbocycles. The van der Waals surface area contributed by atoms with Crippen LogP contribution in [0.4, 0.5) is 0 Å². The lowest BCUT2D eigenvalue weighted by Gasteiger charge is -2.06. The van der Waals surface area contributed by atoms with Gasteiger partial charge < -0.3 is 14.6 Å². The average molecular weight is 495 g/mol. The Labute approximate surface area is 215 Å². The van der Waals surface area contributed by atoms with Gasteiger partial charge in [0.15, 0.2) is 6.10 Å². The first-order valence-corrected chi connectivity index (χ1v) is 14.5. The maximum atomic E-state index is 11.8. The standard InChI is InChI=1S/C30H54O5/c1-3-5-7-9-11-13-15-17-19-21-23-25-34-29(32)27-28(31)30(33)35-26-24-22-20-18-16-14-12-10-8-6-4-2/h23-26,28,31H,3-22,27H2,1-2H3/b25-23+,26-24+. The molecule has 0 radical (unpaired) electrons. The van der Waals surface area contributed by atoms with Gasteiger partial charge in [-0.2, -0.15) is 0 Å². The predicted molar refractivity (Wildman–Crippen MR) is 145 cm³/mol. The molecule has 1 unspecified atom stereocenters. The highest BCUT2D eigenvalue weighted by Crippen LogP contribution is 2.12. The molecule has 0 aliphatic carbocycles. The molecule has 5 heteroatoms. The van der Waals surface area contributed by atoms with Gasteiger partial charge in [-0.05, 0) is 37.8 Å². The SMILES string of the molecule is CCCCCCCCCCC/C=C/OC(=O)CC(O)C(=O)O/C=C/CCCCCCCCCCC. The summed E-state index contributed by atoms with van der Waals surface area (Å²) in [5, 5.41) is 9.82. The van der Waals surface area contributed by atoms with Crippen LogP contribution in [-0.4, -0.2) is 23.1 Å². The van der Waals surface area contributed by atoms with Crippen molar-refractivity contribution in [2.75, 3.05) is 0 Å². The third-order valence-electron chi connectivity index (χ3n) is 6.16. The summed E-state index contributed by atoms with van der Waals surface area (Å²) in [6.07, 6.45) is 28.9. The van der Waals surface area contributed by atoms with E-state index >= 15 is 0 Å². The quantitative estimate of drug-likeness (QED) is 0.0780. The minimum atomic E-state index is -1.51. The highest BCUT2D eigenvalue weighted by Gasteiger charge is 2.20. The first kappa shape index (κ1) is 33.4. The van der Waals surface area contributed by atoms with Crippen LogP contribution in [0.5, 0.6) is 0 Å². The monoisotopic (exact) mass is 494 g/mol. The number of esters is 2. The van der Waals surface area contributed by atoms with Crippen LogP contribution in [0.3, 0.4) is 0 Å². The fourth-order valence-corrected chi connectivity index (χ4v) is 3.89. The number of allylic oxidation sites excluding steroid dienone is 2. The summed E-state index contributed by atoms with van der Waals surface area (Å²) in [4.78, 5) is 23.5. The maximum absolute atomic E-state index is 11.8. The highest BCUT2D eigenvalue weighted by molar-refractivity contribution is 5.82. The molecule has 1 N–H and O–H groups in total. The molecular weight excluding hydrogens is 440 g/mol. The number of aliphatic hydroxyl groups excluding tert-OH is 1. The van der Waals surface area contributed by atoms with Crippen molar-refractivity contribution >= 4 is 11.9 Å². The Morgan fingerprint density at radius 1 is 0.600 bits per heavy atom. The molecule has 5 nitrogen and oxygen atoms in total. The molecule has 0 rings (SSSR count). The lowest BCUT2D eigenvalue weighted by Crippen LogP contribution is -2.25. The van der Waals surface area contributed by atoms with Crippen LogP contribution in [-0.2, 0) is 19.1 Å². The lowest BCUT2D eigenvalue weighted by atomic mass is 10.1. The number of carbonyl (C=O) groups is 2. The van der Waals surface area contributed by atoms with Gasteiger partial charge in [0.25, 0.3) is 0 Å². The van der Waals surface area contributed by atoms with Crippen LogP contribution in [0.1, 0.15) is 149 Å². The van der Waals surface area contributed by atoms with E-state index in [-0.39, 0.29) is 0 Å². The van der Waals surface area contributed by atoms with Gasteiger partial charge in [0.1, 0.15) is 0 Å². The molecule has 0 aromatic heterocycles. The number of hydrogen-bond donors (Lipinski definition) is 1. The van der Waals surface area contributed by atoms with E-state index in [1.165, 1.54) is 115 Å². The molecule has 0 fully saturated rings. The largest absolute Gasteiger partial charge is 0.435 e. The van der Waals surface area contributed by atoms with E-state index in [0.29, 0.717) is 0 Å².